The number of anilines is 1. The van der Waals surface area contributed by atoms with E-state index in [2.05, 4.69) is 15.6 Å². The van der Waals surface area contributed by atoms with Crippen molar-refractivity contribution >= 4 is 45.0 Å². The number of nitrogens with zero attached hydrogens (tertiary/aromatic N) is 1. The van der Waals surface area contributed by atoms with Crippen molar-refractivity contribution in [2.75, 3.05) is 19.0 Å². The molecule has 1 heterocycles. The van der Waals surface area contributed by atoms with E-state index in [0.717, 1.165) is 15.2 Å². The molecule has 0 saturated heterocycles. The van der Waals surface area contributed by atoms with Crippen LogP contribution in [0.2, 0.25) is 0 Å². The van der Waals surface area contributed by atoms with Gasteiger partial charge in [0.25, 0.3) is 11.8 Å². The number of para-hydroxylation sites is 1. The summed E-state index contributed by atoms with van der Waals surface area (Å²) < 4.78 is 6.09. The molecule has 0 saturated carbocycles. The Kier molecular flexibility index (Phi) is 6.33. The average Bonchev–Trinajstić information content (AvgIpc) is 3.13. The van der Waals surface area contributed by atoms with Gasteiger partial charge in [0.15, 0.2) is 6.61 Å². The van der Waals surface area contributed by atoms with Crippen LogP contribution >= 0.6 is 11.3 Å². The molecule has 144 valence electrons. The molecule has 7 nitrogen and oxygen atoms in total. The predicted molar refractivity (Wildman–Crippen MR) is 107 cm³/mol. The fourth-order valence-electron chi connectivity index (χ4n) is 2.53. The summed E-state index contributed by atoms with van der Waals surface area (Å²) in [6.45, 7) is -0.386. The highest BCUT2D eigenvalue weighted by Crippen LogP contribution is 2.22. The number of ether oxygens (including phenoxy) is 1. The maximum absolute atomic E-state index is 12.0. The van der Waals surface area contributed by atoms with E-state index in [-0.39, 0.29) is 18.9 Å². The Labute approximate surface area is 165 Å². The first kappa shape index (κ1) is 19.5. The van der Waals surface area contributed by atoms with E-state index in [4.69, 9.17) is 4.74 Å². The number of aryl methyl sites for hydroxylation is 1. The summed E-state index contributed by atoms with van der Waals surface area (Å²) in [6.07, 6.45) is 0.618. The number of amides is 2. The number of carbonyl (C=O) groups is 3. The van der Waals surface area contributed by atoms with E-state index in [1.807, 2.05) is 24.3 Å². The second-order valence-corrected chi connectivity index (χ2v) is 7.06. The van der Waals surface area contributed by atoms with Crippen LogP contribution < -0.4 is 10.6 Å². The minimum absolute atomic E-state index is 0.152. The zero-order valence-electron chi connectivity index (χ0n) is 15.2. The molecule has 28 heavy (non-hydrogen) atoms. The second kappa shape index (κ2) is 9.09. The summed E-state index contributed by atoms with van der Waals surface area (Å²) >= 11 is 1.54. The van der Waals surface area contributed by atoms with Crippen molar-refractivity contribution in [1.82, 2.24) is 10.3 Å². The van der Waals surface area contributed by atoms with Gasteiger partial charge in [0.1, 0.15) is 0 Å². The lowest BCUT2D eigenvalue weighted by atomic mass is 10.2. The lowest BCUT2D eigenvalue weighted by molar-refractivity contribution is -0.147. The number of fused-ring (bicyclic) bond motifs is 1. The number of benzene rings is 2. The maximum Gasteiger partial charge on any atom is 0.306 e. The van der Waals surface area contributed by atoms with Crippen LogP contribution in [0.15, 0.2) is 48.5 Å². The summed E-state index contributed by atoms with van der Waals surface area (Å²) in [5.41, 5.74) is 1.79. The molecular weight excluding hydrogens is 378 g/mol. The highest BCUT2D eigenvalue weighted by Gasteiger charge is 2.11. The Morgan fingerprint density at radius 1 is 1.11 bits per heavy atom. The van der Waals surface area contributed by atoms with Gasteiger partial charge < -0.3 is 15.4 Å². The maximum atomic E-state index is 12.0. The molecule has 3 aromatic rings. The van der Waals surface area contributed by atoms with E-state index >= 15 is 0 Å². The molecule has 0 unspecified atom stereocenters. The van der Waals surface area contributed by atoms with Gasteiger partial charge in [-0.15, -0.1) is 11.3 Å². The van der Waals surface area contributed by atoms with Gasteiger partial charge in [-0.05, 0) is 30.3 Å². The third-order valence-corrected chi connectivity index (χ3v) is 4.98. The summed E-state index contributed by atoms with van der Waals surface area (Å²) in [5, 5.41) is 5.97. The highest BCUT2D eigenvalue weighted by molar-refractivity contribution is 7.18. The molecule has 0 fully saturated rings. The third kappa shape index (κ3) is 5.14. The Balaban J connectivity index is 1.45. The average molecular weight is 397 g/mol. The topological polar surface area (TPSA) is 97.4 Å². The van der Waals surface area contributed by atoms with Crippen LogP contribution in [0, 0.1) is 0 Å². The van der Waals surface area contributed by atoms with Gasteiger partial charge in [-0.1, -0.05) is 18.2 Å². The van der Waals surface area contributed by atoms with Gasteiger partial charge in [0.2, 0.25) is 0 Å². The molecule has 2 amide bonds. The van der Waals surface area contributed by atoms with Crippen LogP contribution in [0.4, 0.5) is 5.69 Å². The van der Waals surface area contributed by atoms with Crippen LogP contribution in [-0.4, -0.2) is 36.4 Å². The van der Waals surface area contributed by atoms with E-state index in [1.165, 1.54) is 7.05 Å². The molecule has 0 atom stereocenters. The van der Waals surface area contributed by atoms with Gasteiger partial charge in [-0.3, -0.25) is 14.4 Å². The normalized spacial score (nSPS) is 10.5. The number of hydrogen-bond donors (Lipinski definition) is 2. The first-order valence-electron chi connectivity index (χ1n) is 8.67. The standard InChI is InChI=1S/C20H19N3O4S/c1-21-20(26)13-5-4-6-14(11-13)22-17(24)12-27-19(25)10-9-18-23-15-7-2-3-8-16(15)28-18/h2-8,11H,9-10,12H2,1H3,(H,21,26)(H,22,24). The quantitative estimate of drug-likeness (QED) is 0.598. The lowest BCUT2D eigenvalue weighted by Crippen LogP contribution is -2.22. The van der Waals surface area contributed by atoms with Crippen molar-refractivity contribution in [3.63, 3.8) is 0 Å². The number of carbonyl (C=O) groups excluding carboxylic acids is 3. The van der Waals surface area contributed by atoms with Crippen LogP contribution in [0.5, 0.6) is 0 Å². The van der Waals surface area contributed by atoms with Crippen molar-refractivity contribution in [2.24, 2.45) is 0 Å². The number of nitrogens with one attached hydrogen (secondary N) is 2. The Bertz CT molecular complexity index is 982. The van der Waals surface area contributed by atoms with E-state index in [1.54, 1.807) is 35.6 Å². The highest BCUT2D eigenvalue weighted by atomic mass is 32.1. The molecular formula is C20H19N3O4S. The first-order chi connectivity index (χ1) is 13.5. The number of hydrogen-bond acceptors (Lipinski definition) is 6. The molecule has 2 aromatic carbocycles. The van der Waals surface area contributed by atoms with Crippen LogP contribution in [0.1, 0.15) is 21.8 Å². The Hall–Kier alpha value is -3.26. The predicted octanol–water partition coefficient (Wildman–Crippen LogP) is 2.77. The number of esters is 1. The van der Waals surface area contributed by atoms with Gasteiger partial charge in [-0.25, -0.2) is 4.98 Å². The summed E-state index contributed by atoms with van der Waals surface area (Å²) in [5.74, 6) is -1.19. The van der Waals surface area contributed by atoms with Crippen LogP contribution in [0.25, 0.3) is 10.2 Å². The minimum Gasteiger partial charge on any atom is -0.456 e. The van der Waals surface area contributed by atoms with Crippen molar-refractivity contribution in [1.29, 1.82) is 0 Å². The Morgan fingerprint density at radius 2 is 1.93 bits per heavy atom. The summed E-state index contributed by atoms with van der Waals surface area (Å²) in [7, 11) is 1.53. The fourth-order valence-corrected chi connectivity index (χ4v) is 3.50. The monoisotopic (exact) mass is 397 g/mol. The lowest BCUT2D eigenvalue weighted by Gasteiger charge is -2.07. The number of aromatic nitrogens is 1. The van der Waals surface area contributed by atoms with Crippen LogP contribution in [-0.2, 0) is 20.7 Å². The van der Waals surface area contributed by atoms with E-state index in [0.29, 0.717) is 17.7 Å². The molecule has 0 aliphatic heterocycles. The number of thiazole rings is 1. The second-order valence-electron chi connectivity index (χ2n) is 5.94. The SMILES string of the molecule is CNC(=O)c1cccc(NC(=O)COC(=O)CCc2nc3ccccc3s2)c1. The van der Waals surface area contributed by atoms with Gasteiger partial charge in [0, 0.05) is 24.7 Å². The largest absolute Gasteiger partial charge is 0.456 e. The smallest absolute Gasteiger partial charge is 0.306 e. The van der Waals surface area contributed by atoms with Crippen molar-refractivity contribution < 1.29 is 19.1 Å². The van der Waals surface area contributed by atoms with E-state index in [9.17, 15) is 14.4 Å². The Morgan fingerprint density at radius 3 is 2.71 bits per heavy atom. The summed E-state index contributed by atoms with van der Waals surface area (Å²) in [4.78, 5) is 39.9. The molecule has 0 aliphatic rings. The van der Waals surface area contributed by atoms with Crippen molar-refractivity contribution in [3.8, 4) is 0 Å². The van der Waals surface area contributed by atoms with Gasteiger partial charge >= 0.3 is 5.97 Å². The number of rotatable bonds is 7. The fraction of sp³-hybridized carbons (Fsp3) is 0.200. The molecule has 0 spiro atoms. The van der Waals surface area contributed by atoms with Crippen molar-refractivity contribution in [3.05, 3.63) is 59.1 Å². The zero-order valence-corrected chi connectivity index (χ0v) is 16.0. The van der Waals surface area contributed by atoms with Crippen LogP contribution in [0.3, 0.4) is 0 Å². The molecule has 0 radical (unpaired) electrons. The molecule has 1 aromatic heterocycles. The minimum atomic E-state index is -0.470. The molecule has 3 rings (SSSR count). The zero-order chi connectivity index (χ0) is 19.9. The van der Waals surface area contributed by atoms with Crippen molar-refractivity contribution in [2.45, 2.75) is 12.8 Å². The molecule has 0 aliphatic carbocycles. The van der Waals surface area contributed by atoms with E-state index < -0.39 is 11.9 Å². The van der Waals surface area contributed by atoms with Gasteiger partial charge in [0.05, 0.1) is 21.6 Å². The molecule has 8 heteroatoms. The third-order valence-electron chi connectivity index (χ3n) is 3.88. The van der Waals surface area contributed by atoms with Gasteiger partial charge in [-0.2, -0.15) is 0 Å². The molecule has 0 bridgehead atoms. The first-order valence-corrected chi connectivity index (χ1v) is 9.49. The summed E-state index contributed by atoms with van der Waals surface area (Å²) in [6, 6.07) is 14.3. The molecule has 2 N–H and O–H groups in total.